The maximum Gasteiger partial charge on any atom is 0.276 e. The van der Waals surface area contributed by atoms with Gasteiger partial charge in [-0.3, -0.25) is 62.3 Å². The van der Waals surface area contributed by atoms with E-state index in [1.807, 2.05) is 55.4 Å². The van der Waals surface area contributed by atoms with Gasteiger partial charge >= 0.3 is 0 Å². The van der Waals surface area contributed by atoms with Gasteiger partial charge < -0.3 is 0 Å². The summed E-state index contributed by atoms with van der Waals surface area (Å²) in [5, 5.41) is 5.16. The molecule has 2 atom stereocenters. The fourth-order valence-corrected chi connectivity index (χ4v) is 6.37. The van der Waals surface area contributed by atoms with Gasteiger partial charge in [0.2, 0.25) is 0 Å². The van der Waals surface area contributed by atoms with Crippen LogP contribution in [0.5, 0.6) is 0 Å². The molecule has 0 radical (unpaired) electrons. The van der Waals surface area contributed by atoms with Gasteiger partial charge in [-0.2, -0.15) is 0 Å². The van der Waals surface area contributed by atoms with Gasteiger partial charge in [0.25, 0.3) is 30.4 Å². The highest BCUT2D eigenvalue weighted by atomic mass is 31.2. The lowest BCUT2D eigenvalue weighted by atomic mass is 9.98. The molecule has 0 aromatic heterocycles. The van der Waals surface area contributed by atoms with Gasteiger partial charge in [0.1, 0.15) is 0 Å². The Morgan fingerprint density at radius 2 is 1.07 bits per heavy atom. The molecule has 0 aromatic rings. The monoisotopic (exact) mass is 702 g/mol. The molecule has 0 saturated heterocycles. The number of hydrogen-bond acceptors (Lipinski definition) is 4. The summed E-state index contributed by atoms with van der Waals surface area (Å²) in [7, 11) is -10.3. The number of unbranched alkanes of at least 4 members (excludes halogenated alkanes) is 3. The van der Waals surface area contributed by atoms with Crippen molar-refractivity contribution in [1.29, 1.82) is 0 Å². The highest BCUT2D eigenvalue weighted by Gasteiger charge is 2.29. The fraction of sp³-hybridized carbons (Fsp3) is 1.00. The first-order chi connectivity index (χ1) is 19.1. The van der Waals surface area contributed by atoms with Crippen molar-refractivity contribution >= 4 is 30.4 Å². The molecule has 0 aliphatic carbocycles. The molecule has 0 aliphatic rings. The van der Waals surface area contributed by atoms with Crippen LogP contribution in [0.1, 0.15) is 107 Å². The first-order valence-electron chi connectivity index (χ1n) is 14.8. The molecule has 0 amide bonds. The van der Waals surface area contributed by atoms with Crippen LogP contribution in [0, 0.1) is 5.41 Å². The molecule has 266 valence electrons. The topological polar surface area (TPSA) is 307 Å². The van der Waals surface area contributed by atoms with Crippen LogP contribution in [0.2, 0.25) is 0 Å². The van der Waals surface area contributed by atoms with Crippen molar-refractivity contribution < 1.29 is 18.3 Å². The Labute approximate surface area is 263 Å². The lowest BCUT2D eigenvalue weighted by Gasteiger charge is -2.35. The average molecular weight is 703 g/mol. The SMILES string of the molecule is CC(C)(C)CNP(N)(N)=O.CCC(C)N(C(C)CC)P(N)(N)=O.CCCCCCNP(N)(N)=O.CCCN(C)P(N)(N)=O. The Morgan fingerprint density at radius 1 is 0.651 bits per heavy atom. The van der Waals surface area contributed by atoms with Crippen molar-refractivity contribution in [3.63, 3.8) is 0 Å². The predicted octanol–water partition coefficient (Wildman–Crippen LogP) is 4.09. The Balaban J connectivity index is -0.000000238. The molecule has 0 bridgehead atoms. The number of nitrogens with zero attached hydrogens (tertiary/aromatic N) is 2. The van der Waals surface area contributed by atoms with E-state index in [2.05, 4.69) is 17.1 Å². The molecule has 0 saturated carbocycles. The summed E-state index contributed by atoms with van der Waals surface area (Å²) in [6.45, 7) is 20.1. The van der Waals surface area contributed by atoms with Crippen LogP contribution >= 0.6 is 30.4 Å². The lowest BCUT2D eigenvalue weighted by Crippen LogP contribution is -2.41. The molecule has 43 heavy (non-hydrogen) atoms. The molecular formula is C23H70N12O4P4. The minimum Gasteiger partial charge on any atom is -0.271 e. The number of nitrogens with one attached hydrogen (secondary N) is 2. The summed E-state index contributed by atoms with van der Waals surface area (Å²) in [6, 6.07) is 0.353. The Morgan fingerprint density at radius 3 is 1.28 bits per heavy atom. The molecule has 18 N–H and O–H groups in total. The zero-order chi connectivity index (χ0) is 35.3. The Hall–Kier alpha value is 0.440. The number of rotatable bonds is 16. The zero-order valence-electron chi connectivity index (χ0n) is 28.7. The zero-order valence-corrected chi connectivity index (χ0v) is 32.2. The van der Waals surface area contributed by atoms with Crippen molar-refractivity contribution in [2.24, 2.45) is 49.4 Å². The third-order valence-electron chi connectivity index (χ3n) is 5.77. The normalized spacial score (nSPS) is 14.1. The summed E-state index contributed by atoms with van der Waals surface area (Å²) < 4.78 is 47.0. The first kappa shape index (κ1) is 50.3. The molecule has 0 heterocycles. The fourth-order valence-electron chi connectivity index (χ4n) is 3.07. The van der Waals surface area contributed by atoms with Gasteiger partial charge in [0.15, 0.2) is 0 Å². The van der Waals surface area contributed by atoms with E-state index < -0.39 is 30.4 Å². The molecule has 20 heteroatoms. The summed E-state index contributed by atoms with van der Waals surface area (Å²) in [5.41, 5.74) is 41.6. The van der Waals surface area contributed by atoms with Crippen LogP contribution in [0.25, 0.3) is 0 Å². The van der Waals surface area contributed by atoms with Crippen molar-refractivity contribution in [2.75, 3.05) is 26.7 Å². The second-order valence-corrected chi connectivity index (χ2v) is 19.2. The van der Waals surface area contributed by atoms with E-state index in [1.54, 1.807) is 11.7 Å². The van der Waals surface area contributed by atoms with E-state index in [4.69, 9.17) is 44.0 Å². The van der Waals surface area contributed by atoms with E-state index in [9.17, 15) is 18.3 Å². The van der Waals surface area contributed by atoms with Crippen LogP contribution in [0.3, 0.4) is 0 Å². The van der Waals surface area contributed by atoms with Crippen molar-refractivity contribution in [1.82, 2.24) is 19.5 Å². The van der Waals surface area contributed by atoms with E-state index in [-0.39, 0.29) is 17.5 Å². The van der Waals surface area contributed by atoms with Crippen LogP contribution in [-0.4, -0.2) is 48.1 Å². The van der Waals surface area contributed by atoms with E-state index in [0.717, 1.165) is 32.1 Å². The van der Waals surface area contributed by atoms with Crippen molar-refractivity contribution in [2.45, 2.75) is 119 Å². The third-order valence-corrected chi connectivity index (χ3v) is 9.92. The van der Waals surface area contributed by atoms with Gasteiger partial charge in [0.05, 0.1) is 0 Å². The van der Waals surface area contributed by atoms with Gasteiger partial charge in [-0.1, -0.05) is 67.7 Å². The molecular weight excluding hydrogens is 632 g/mol. The molecule has 2 unspecified atom stereocenters. The van der Waals surface area contributed by atoms with E-state index >= 15 is 0 Å². The minimum absolute atomic E-state index is 0.0639. The van der Waals surface area contributed by atoms with Crippen LogP contribution in [-0.2, 0) is 18.3 Å². The summed E-state index contributed by atoms with van der Waals surface area (Å²) in [5.74, 6) is 0. The molecule has 0 aliphatic heterocycles. The first-order valence-corrected chi connectivity index (χ1v) is 22.1. The largest absolute Gasteiger partial charge is 0.276 e. The van der Waals surface area contributed by atoms with Gasteiger partial charge in [0, 0.05) is 31.7 Å². The Kier molecular flexibility index (Phi) is 28.8. The maximum absolute atomic E-state index is 11.6. The van der Waals surface area contributed by atoms with Crippen molar-refractivity contribution in [3.05, 3.63) is 0 Å². The molecule has 0 fully saturated rings. The summed E-state index contributed by atoms with van der Waals surface area (Å²) >= 11 is 0. The lowest BCUT2D eigenvalue weighted by molar-refractivity contribution is 0.259. The quantitative estimate of drug-likeness (QED) is 0.0799. The second kappa shape index (κ2) is 24.6. The van der Waals surface area contributed by atoms with Crippen LogP contribution in [0.15, 0.2) is 0 Å². The highest BCUT2D eigenvalue weighted by Crippen LogP contribution is 2.37. The highest BCUT2D eigenvalue weighted by molar-refractivity contribution is 7.57. The number of nitrogens with two attached hydrogens (primary N) is 8. The van der Waals surface area contributed by atoms with E-state index in [0.29, 0.717) is 19.6 Å². The molecule has 0 rings (SSSR count). The second-order valence-electron chi connectivity index (χ2n) is 11.9. The maximum atomic E-state index is 11.6. The van der Waals surface area contributed by atoms with Crippen LogP contribution < -0.4 is 54.2 Å². The smallest absolute Gasteiger partial charge is 0.271 e. The summed E-state index contributed by atoms with van der Waals surface area (Å²) in [6.07, 6.45) is 7.26. The molecule has 0 spiro atoms. The third kappa shape index (κ3) is 38.5. The minimum atomic E-state index is -3.09. The Bertz CT molecular complexity index is 861. The standard InChI is InChI=1S/C8H22N3OP.C6H18N3OP.C5H16N3OP.C4H14N3OP/c1-5-7(3)11(8(4)6-2)13(9,10)12;1-2-3-4-5-6-9-11(7,8)10;1-5(2,3)4-8-10(6,7)9;1-3-4-7(2)9(5,6)8/h7-8H,5-6H2,1-4H3,(H4,9,10,12);2-6H2,1H3,(H5,7,8,9,10);4H2,1-3H3,(H5,6,7,8,9);3-4H2,1-2H3,(H4,5,6,8). The van der Waals surface area contributed by atoms with E-state index in [1.165, 1.54) is 17.5 Å². The average Bonchev–Trinajstić information content (AvgIpc) is 2.81. The van der Waals surface area contributed by atoms with Gasteiger partial charge in [-0.15, -0.1) is 0 Å². The molecule has 0 aromatic carbocycles. The van der Waals surface area contributed by atoms with Gasteiger partial charge in [-0.25, -0.2) is 19.5 Å². The molecule has 16 nitrogen and oxygen atoms in total. The van der Waals surface area contributed by atoms with Crippen molar-refractivity contribution in [3.8, 4) is 0 Å². The number of hydrogen-bond donors (Lipinski definition) is 10. The van der Waals surface area contributed by atoms with Gasteiger partial charge in [-0.05, 0) is 52.0 Å². The summed E-state index contributed by atoms with van der Waals surface area (Å²) in [4.78, 5) is 0. The van der Waals surface area contributed by atoms with Crippen LogP contribution in [0.4, 0.5) is 0 Å². The predicted molar refractivity (Wildman–Crippen MR) is 188 cm³/mol.